The maximum atomic E-state index is 13.7. The normalized spacial score (nSPS) is 13.9. The average molecular weight is 445 g/mol. The third-order valence-corrected chi connectivity index (χ3v) is 6.21. The molecule has 0 bridgehead atoms. The fraction of sp³-hybridized carbons (Fsp3) is 0.185. The van der Waals surface area contributed by atoms with Crippen LogP contribution in [0.25, 0.3) is 5.57 Å². The van der Waals surface area contributed by atoms with Crippen molar-refractivity contribution < 1.29 is 9.59 Å². The molecule has 0 saturated carbocycles. The van der Waals surface area contributed by atoms with E-state index in [1.165, 1.54) is 4.90 Å². The van der Waals surface area contributed by atoms with Crippen molar-refractivity contribution in [2.45, 2.75) is 34.6 Å². The van der Waals surface area contributed by atoms with Crippen molar-refractivity contribution in [1.29, 1.82) is 0 Å². The summed E-state index contributed by atoms with van der Waals surface area (Å²) in [5, 5.41) is 3.79. The number of hydrogen-bond donors (Lipinski definition) is 1. The minimum Gasteiger partial charge on any atom is -0.350 e. The van der Waals surface area contributed by atoms with Crippen molar-refractivity contribution in [2.75, 3.05) is 10.2 Å². The molecule has 1 heterocycles. The summed E-state index contributed by atoms with van der Waals surface area (Å²) in [6.45, 7) is 9.80. The van der Waals surface area contributed by atoms with E-state index in [0.29, 0.717) is 16.3 Å². The molecule has 2 amide bonds. The van der Waals surface area contributed by atoms with Crippen LogP contribution in [0.2, 0.25) is 5.02 Å². The molecule has 0 fully saturated rings. The molecule has 0 spiro atoms. The molecule has 0 aromatic heterocycles. The molecule has 5 heteroatoms. The Morgan fingerprint density at radius 3 is 2.06 bits per heavy atom. The number of nitrogens with one attached hydrogen (secondary N) is 1. The lowest BCUT2D eigenvalue weighted by atomic mass is 9.97. The number of imide groups is 1. The molecule has 3 aromatic carbocycles. The van der Waals surface area contributed by atoms with Gasteiger partial charge in [0.2, 0.25) is 0 Å². The predicted octanol–water partition coefficient (Wildman–Crippen LogP) is 6.28. The first-order valence-corrected chi connectivity index (χ1v) is 10.9. The summed E-state index contributed by atoms with van der Waals surface area (Å²) in [4.78, 5) is 28.5. The van der Waals surface area contributed by atoms with E-state index in [0.717, 1.165) is 39.1 Å². The third kappa shape index (κ3) is 3.82. The molecule has 32 heavy (non-hydrogen) atoms. The fourth-order valence-electron chi connectivity index (χ4n) is 3.95. The smallest absolute Gasteiger partial charge is 0.282 e. The maximum Gasteiger partial charge on any atom is 0.282 e. The standard InChI is InChI=1S/C27H25ClN2O2/c1-15-7-11-21(19(5)12-15)24-25(29-23-13-16(2)6-8-18(23)4)27(32)30(26(24)31)20-10-9-17(3)22(28)14-20/h6-14,29H,1-5H3. The molecule has 4 nitrogen and oxygen atoms in total. The number of aryl methyl sites for hydroxylation is 5. The lowest BCUT2D eigenvalue weighted by molar-refractivity contribution is -0.120. The first-order chi connectivity index (χ1) is 15.2. The van der Waals surface area contributed by atoms with Crippen LogP contribution in [0.4, 0.5) is 11.4 Å². The van der Waals surface area contributed by atoms with Crippen molar-refractivity contribution in [3.63, 3.8) is 0 Å². The van der Waals surface area contributed by atoms with Gasteiger partial charge in [-0.15, -0.1) is 0 Å². The van der Waals surface area contributed by atoms with E-state index in [2.05, 4.69) is 5.32 Å². The van der Waals surface area contributed by atoms with Crippen molar-refractivity contribution in [1.82, 2.24) is 0 Å². The molecule has 0 saturated heterocycles. The highest BCUT2D eigenvalue weighted by atomic mass is 35.5. The molecule has 1 aliphatic heterocycles. The molecule has 0 aliphatic carbocycles. The summed E-state index contributed by atoms with van der Waals surface area (Å²) in [5.74, 6) is -0.763. The summed E-state index contributed by atoms with van der Waals surface area (Å²) in [5.41, 5.74) is 7.58. The molecule has 1 aliphatic rings. The Kier molecular flexibility index (Phi) is 5.66. The van der Waals surface area contributed by atoms with E-state index in [1.807, 2.05) is 77.1 Å². The second-order valence-corrected chi connectivity index (χ2v) is 8.80. The predicted molar refractivity (Wildman–Crippen MR) is 131 cm³/mol. The molecule has 162 valence electrons. The van der Waals surface area contributed by atoms with E-state index in [9.17, 15) is 9.59 Å². The number of amides is 2. The number of halogens is 1. The van der Waals surface area contributed by atoms with Gasteiger partial charge in [-0.05, 0) is 80.6 Å². The number of benzene rings is 3. The molecule has 1 N–H and O–H groups in total. The van der Waals surface area contributed by atoms with Crippen LogP contribution in [0.3, 0.4) is 0 Å². The summed E-state index contributed by atoms with van der Waals surface area (Å²) in [6, 6.07) is 17.1. The Labute approximate surface area is 193 Å². The van der Waals surface area contributed by atoms with Crippen LogP contribution in [-0.2, 0) is 9.59 Å². The molecule has 0 unspecified atom stereocenters. The van der Waals surface area contributed by atoms with E-state index in [1.54, 1.807) is 12.1 Å². The second-order valence-electron chi connectivity index (χ2n) is 8.39. The van der Waals surface area contributed by atoms with Gasteiger partial charge in [0, 0.05) is 10.7 Å². The maximum absolute atomic E-state index is 13.7. The fourth-order valence-corrected chi connectivity index (χ4v) is 4.12. The minimum absolute atomic E-state index is 0.271. The summed E-state index contributed by atoms with van der Waals surface area (Å²) in [7, 11) is 0. The largest absolute Gasteiger partial charge is 0.350 e. The van der Waals surface area contributed by atoms with Crippen molar-refractivity contribution in [3.8, 4) is 0 Å². The lowest BCUT2D eigenvalue weighted by Crippen LogP contribution is -2.32. The van der Waals surface area contributed by atoms with Crippen molar-refractivity contribution >= 4 is 40.4 Å². The van der Waals surface area contributed by atoms with Gasteiger partial charge >= 0.3 is 0 Å². The van der Waals surface area contributed by atoms with Gasteiger partial charge < -0.3 is 5.32 Å². The minimum atomic E-state index is -0.397. The molecular weight excluding hydrogens is 420 g/mol. The molecule has 3 aromatic rings. The number of anilines is 2. The van der Waals surface area contributed by atoms with E-state index >= 15 is 0 Å². The number of carbonyl (C=O) groups excluding carboxylic acids is 2. The Morgan fingerprint density at radius 2 is 1.38 bits per heavy atom. The van der Waals surface area contributed by atoms with Crippen molar-refractivity contribution in [2.24, 2.45) is 0 Å². The van der Waals surface area contributed by atoms with E-state index < -0.39 is 5.91 Å². The summed E-state index contributed by atoms with van der Waals surface area (Å²) in [6.07, 6.45) is 0. The zero-order chi connectivity index (χ0) is 23.2. The Hall–Kier alpha value is -3.37. The quantitative estimate of drug-likeness (QED) is 0.482. The highest BCUT2D eigenvalue weighted by Crippen LogP contribution is 2.36. The van der Waals surface area contributed by atoms with Crippen LogP contribution in [0.5, 0.6) is 0 Å². The Morgan fingerprint density at radius 1 is 0.719 bits per heavy atom. The Bertz CT molecular complexity index is 1310. The molecule has 4 rings (SSSR count). The van der Waals surface area contributed by atoms with Crippen LogP contribution < -0.4 is 10.2 Å². The lowest BCUT2D eigenvalue weighted by Gasteiger charge is -2.17. The van der Waals surface area contributed by atoms with Crippen LogP contribution in [0.15, 0.2) is 60.3 Å². The van der Waals surface area contributed by atoms with Gasteiger partial charge in [0.25, 0.3) is 11.8 Å². The van der Waals surface area contributed by atoms with Gasteiger partial charge in [-0.1, -0.05) is 53.6 Å². The van der Waals surface area contributed by atoms with E-state index in [-0.39, 0.29) is 11.6 Å². The second kappa shape index (κ2) is 8.29. The first kappa shape index (κ1) is 21.8. The van der Waals surface area contributed by atoms with Gasteiger partial charge in [-0.3, -0.25) is 9.59 Å². The Balaban J connectivity index is 1.89. The van der Waals surface area contributed by atoms with Gasteiger partial charge in [0.05, 0.1) is 11.3 Å². The van der Waals surface area contributed by atoms with Crippen LogP contribution in [-0.4, -0.2) is 11.8 Å². The van der Waals surface area contributed by atoms with Crippen LogP contribution >= 0.6 is 11.6 Å². The average Bonchev–Trinajstić information content (AvgIpc) is 2.97. The van der Waals surface area contributed by atoms with Gasteiger partial charge in [0.15, 0.2) is 0 Å². The highest BCUT2D eigenvalue weighted by molar-refractivity contribution is 6.46. The van der Waals surface area contributed by atoms with E-state index in [4.69, 9.17) is 11.6 Å². The monoisotopic (exact) mass is 444 g/mol. The number of carbonyl (C=O) groups is 2. The van der Waals surface area contributed by atoms with Gasteiger partial charge in [0.1, 0.15) is 5.70 Å². The first-order valence-electron chi connectivity index (χ1n) is 10.5. The third-order valence-electron chi connectivity index (χ3n) is 5.80. The molecule has 0 atom stereocenters. The zero-order valence-corrected chi connectivity index (χ0v) is 19.6. The van der Waals surface area contributed by atoms with Crippen LogP contribution in [0, 0.1) is 34.6 Å². The van der Waals surface area contributed by atoms with Gasteiger partial charge in [-0.2, -0.15) is 0 Å². The summed E-state index contributed by atoms with van der Waals surface area (Å²) >= 11 is 6.31. The van der Waals surface area contributed by atoms with Gasteiger partial charge in [-0.25, -0.2) is 4.90 Å². The molecular formula is C27H25ClN2O2. The number of nitrogens with zero attached hydrogens (tertiary/aromatic N) is 1. The highest BCUT2D eigenvalue weighted by Gasteiger charge is 2.41. The molecule has 0 radical (unpaired) electrons. The summed E-state index contributed by atoms with van der Waals surface area (Å²) < 4.78 is 0. The van der Waals surface area contributed by atoms with Crippen molar-refractivity contribution in [3.05, 3.63) is 98.7 Å². The SMILES string of the molecule is Cc1ccc(C2=C(Nc3cc(C)ccc3C)C(=O)N(c3ccc(C)c(Cl)c3)C2=O)c(C)c1. The topological polar surface area (TPSA) is 49.4 Å². The number of rotatable bonds is 4. The van der Waals surface area contributed by atoms with Crippen LogP contribution in [0.1, 0.15) is 33.4 Å². The zero-order valence-electron chi connectivity index (χ0n) is 18.8. The number of hydrogen-bond acceptors (Lipinski definition) is 3.